The number of hydrogen-bond acceptors (Lipinski definition) is 4. The van der Waals surface area contributed by atoms with Gasteiger partial charge in [0, 0.05) is 10.7 Å². The number of benzene rings is 4. The topological polar surface area (TPSA) is 71.3 Å². The molecule has 0 aliphatic heterocycles. The van der Waals surface area contributed by atoms with Gasteiger partial charge < -0.3 is 14.8 Å². The molecule has 0 bridgehead atoms. The van der Waals surface area contributed by atoms with Crippen LogP contribution in [0.3, 0.4) is 0 Å². The molecule has 4 rings (SSSR count). The van der Waals surface area contributed by atoms with Gasteiger partial charge in [0.1, 0.15) is 36.4 Å². The number of amides is 1. The summed E-state index contributed by atoms with van der Waals surface area (Å²) in [6.07, 6.45) is 1.47. The molecule has 0 unspecified atom stereocenters. The quantitative estimate of drug-likeness (QED) is 0.178. The standard InChI is InChI=1S/C30H22Cl2N2O3/c31-25-8-4-7-23(16-25)20-37-29-14-9-22(17-28(29)32)15-24(18-33)30(35)34-26-10-12-27(13-11-26)36-19-21-5-2-1-3-6-21/h1-17H,19-20H2,(H,34,35)/b24-15+. The number of halogens is 2. The molecule has 0 spiro atoms. The number of carbonyl (C=O) groups is 1. The maximum Gasteiger partial charge on any atom is 0.266 e. The molecule has 0 saturated carbocycles. The third-order valence-electron chi connectivity index (χ3n) is 5.28. The number of nitrogens with zero attached hydrogens (tertiary/aromatic N) is 1. The van der Waals surface area contributed by atoms with Crippen molar-refractivity contribution in [2.45, 2.75) is 13.2 Å². The Labute approximate surface area is 225 Å². The summed E-state index contributed by atoms with van der Waals surface area (Å²) in [4.78, 5) is 12.7. The van der Waals surface area contributed by atoms with E-state index in [1.165, 1.54) is 6.08 Å². The van der Waals surface area contributed by atoms with Gasteiger partial charge in [-0.05, 0) is 71.3 Å². The summed E-state index contributed by atoms with van der Waals surface area (Å²) >= 11 is 12.4. The monoisotopic (exact) mass is 528 g/mol. The third kappa shape index (κ3) is 7.62. The highest BCUT2D eigenvalue weighted by atomic mass is 35.5. The Balaban J connectivity index is 1.36. The van der Waals surface area contributed by atoms with Crippen LogP contribution in [0.5, 0.6) is 11.5 Å². The van der Waals surface area contributed by atoms with Gasteiger partial charge in [-0.3, -0.25) is 4.79 Å². The van der Waals surface area contributed by atoms with E-state index in [2.05, 4.69) is 5.32 Å². The zero-order chi connectivity index (χ0) is 26.0. The molecule has 0 fully saturated rings. The van der Waals surface area contributed by atoms with E-state index in [1.807, 2.05) is 54.6 Å². The van der Waals surface area contributed by atoms with Gasteiger partial charge in [-0.15, -0.1) is 0 Å². The number of rotatable bonds is 9. The van der Waals surface area contributed by atoms with Crippen LogP contribution in [0.15, 0.2) is 103 Å². The van der Waals surface area contributed by atoms with Crippen LogP contribution in [0.2, 0.25) is 10.0 Å². The molecule has 37 heavy (non-hydrogen) atoms. The minimum absolute atomic E-state index is 0.0620. The van der Waals surface area contributed by atoms with E-state index in [-0.39, 0.29) is 5.57 Å². The molecule has 4 aromatic rings. The molecule has 4 aromatic carbocycles. The fourth-order valence-corrected chi connectivity index (χ4v) is 3.86. The van der Waals surface area contributed by atoms with Crippen molar-refractivity contribution in [1.29, 1.82) is 5.26 Å². The van der Waals surface area contributed by atoms with Gasteiger partial charge in [0.05, 0.1) is 5.02 Å². The Bertz CT molecular complexity index is 1450. The normalized spacial score (nSPS) is 10.9. The van der Waals surface area contributed by atoms with Crippen LogP contribution in [-0.4, -0.2) is 5.91 Å². The van der Waals surface area contributed by atoms with Gasteiger partial charge in [-0.25, -0.2) is 0 Å². The maximum atomic E-state index is 12.7. The summed E-state index contributed by atoms with van der Waals surface area (Å²) in [6.45, 7) is 0.748. The van der Waals surface area contributed by atoms with E-state index in [1.54, 1.807) is 48.5 Å². The van der Waals surface area contributed by atoms with Crippen molar-refractivity contribution in [3.05, 3.63) is 129 Å². The average Bonchev–Trinajstić information content (AvgIpc) is 2.91. The highest BCUT2D eigenvalue weighted by Gasteiger charge is 2.11. The average molecular weight is 529 g/mol. The van der Waals surface area contributed by atoms with Crippen LogP contribution in [0.4, 0.5) is 5.69 Å². The molecule has 0 heterocycles. The SMILES string of the molecule is N#C/C(=C\c1ccc(OCc2cccc(Cl)c2)c(Cl)c1)C(=O)Nc1ccc(OCc2ccccc2)cc1. The largest absolute Gasteiger partial charge is 0.489 e. The van der Waals surface area contributed by atoms with Crippen LogP contribution in [-0.2, 0) is 18.0 Å². The summed E-state index contributed by atoms with van der Waals surface area (Å²) < 4.78 is 11.5. The lowest BCUT2D eigenvalue weighted by Crippen LogP contribution is -2.13. The van der Waals surface area contributed by atoms with Gasteiger partial charge in [0.15, 0.2) is 0 Å². The van der Waals surface area contributed by atoms with Gasteiger partial charge >= 0.3 is 0 Å². The first-order valence-electron chi connectivity index (χ1n) is 11.4. The number of carbonyl (C=O) groups excluding carboxylic acids is 1. The highest BCUT2D eigenvalue weighted by molar-refractivity contribution is 6.32. The summed E-state index contributed by atoms with van der Waals surface area (Å²) in [5.41, 5.74) is 3.04. The highest BCUT2D eigenvalue weighted by Crippen LogP contribution is 2.28. The van der Waals surface area contributed by atoms with Crippen molar-refractivity contribution in [2.75, 3.05) is 5.32 Å². The molecule has 1 amide bonds. The lowest BCUT2D eigenvalue weighted by molar-refractivity contribution is -0.112. The summed E-state index contributed by atoms with van der Waals surface area (Å²) in [7, 11) is 0. The van der Waals surface area contributed by atoms with E-state index in [4.69, 9.17) is 32.7 Å². The Morgan fingerprint density at radius 1 is 0.838 bits per heavy atom. The summed E-state index contributed by atoms with van der Waals surface area (Å²) in [5.74, 6) is 0.624. The minimum atomic E-state index is -0.530. The fourth-order valence-electron chi connectivity index (χ4n) is 3.40. The Morgan fingerprint density at radius 3 is 2.27 bits per heavy atom. The number of anilines is 1. The Morgan fingerprint density at radius 2 is 1.57 bits per heavy atom. The predicted octanol–water partition coefficient (Wildman–Crippen LogP) is 7.70. The van der Waals surface area contributed by atoms with E-state index in [0.29, 0.717) is 46.0 Å². The smallest absolute Gasteiger partial charge is 0.266 e. The molecule has 5 nitrogen and oxygen atoms in total. The summed E-state index contributed by atoms with van der Waals surface area (Å²) in [5, 5.41) is 13.3. The summed E-state index contributed by atoms with van der Waals surface area (Å²) in [6, 6.07) is 31.1. The van der Waals surface area contributed by atoms with Gasteiger partial charge in [0.2, 0.25) is 0 Å². The molecule has 0 aliphatic rings. The first-order valence-corrected chi connectivity index (χ1v) is 12.1. The fraction of sp³-hybridized carbons (Fsp3) is 0.0667. The number of hydrogen-bond donors (Lipinski definition) is 1. The second-order valence-corrected chi connectivity index (χ2v) is 8.87. The predicted molar refractivity (Wildman–Crippen MR) is 147 cm³/mol. The van der Waals surface area contributed by atoms with Crippen LogP contribution in [0.1, 0.15) is 16.7 Å². The zero-order valence-corrected chi connectivity index (χ0v) is 21.2. The molecule has 0 saturated heterocycles. The minimum Gasteiger partial charge on any atom is -0.489 e. The van der Waals surface area contributed by atoms with Crippen molar-refractivity contribution in [3.8, 4) is 17.6 Å². The lowest BCUT2D eigenvalue weighted by Gasteiger charge is -2.10. The van der Waals surface area contributed by atoms with Gasteiger partial charge in [-0.2, -0.15) is 5.26 Å². The molecule has 0 atom stereocenters. The zero-order valence-electron chi connectivity index (χ0n) is 19.7. The Hall–Kier alpha value is -4.24. The van der Waals surface area contributed by atoms with Crippen LogP contribution >= 0.6 is 23.2 Å². The molecular weight excluding hydrogens is 507 g/mol. The molecular formula is C30H22Cl2N2O3. The van der Waals surface area contributed by atoms with E-state index in [0.717, 1.165) is 11.1 Å². The van der Waals surface area contributed by atoms with Crippen molar-refractivity contribution in [1.82, 2.24) is 0 Å². The van der Waals surface area contributed by atoms with E-state index in [9.17, 15) is 10.1 Å². The maximum absolute atomic E-state index is 12.7. The van der Waals surface area contributed by atoms with Crippen molar-refractivity contribution in [3.63, 3.8) is 0 Å². The molecule has 1 N–H and O–H groups in total. The van der Waals surface area contributed by atoms with Crippen LogP contribution < -0.4 is 14.8 Å². The van der Waals surface area contributed by atoms with Crippen molar-refractivity contribution >= 4 is 40.9 Å². The van der Waals surface area contributed by atoms with E-state index >= 15 is 0 Å². The lowest BCUT2D eigenvalue weighted by atomic mass is 10.1. The van der Waals surface area contributed by atoms with Crippen molar-refractivity contribution < 1.29 is 14.3 Å². The third-order valence-corrected chi connectivity index (χ3v) is 5.81. The Kier molecular flexibility index (Phi) is 8.83. The second kappa shape index (κ2) is 12.6. The van der Waals surface area contributed by atoms with Crippen LogP contribution in [0, 0.1) is 11.3 Å². The van der Waals surface area contributed by atoms with Gasteiger partial charge in [0.25, 0.3) is 5.91 Å². The molecule has 184 valence electrons. The molecule has 7 heteroatoms. The number of ether oxygens (including phenoxy) is 2. The van der Waals surface area contributed by atoms with Gasteiger partial charge in [-0.1, -0.05) is 71.7 Å². The number of nitrogens with one attached hydrogen (secondary N) is 1. The molecule has 0 aromatic heterocycles. The van der Waals surface area contributed by atoms with Crippen LogP contribution in [0.25, 0.3) is 6.08 Å². The van der Waals surface area contributed by atoms with E-state index < -0.39 is 5.91 Å². The van der Waals surface area contributed by atoms with Crippen molar-refractivity contribution in [2.24, 2.45) is 0 Å². The number of nitriles is 1. The first-order chi connectivity index (χ1) is 18.0. The first kappa shape index (κ1) is 25.8. The molecule has 0 radical (unpaired) electrons. The second-order valence-electron chi connectivity index (χ2n) is 8.03. The molecule has 0 aliphatic carbocycles.